The molecule has 0 heterocycles. The third-order valence-electron chi connectivity index (χ3n) is 3.58. The number of carbonyl (C=O) groups is 1. The van der Waals surface area contributed by atoms with E-state index in [1.165, 1.54) is 0 Å². The molecule has 4 nitrogen and oxygen atoms in total. The lowest BCUT2D eigenvalue weighted by molar-refractivity contribution is 0.0752. The predicted octanol–water partition coefficient (Wildman–Crippen LogP) is 4.13. The molecule has 5 heteroatoms. The molecule has 0 unspecified atom stereocenters. The molecule has 0 saturated carbocycles. The highest BCUT2D eigenvalue weighted by atomic mass is 79.9. The van der Waals surface area contributed by atoms with Crippen LogP contribution in [0.4, 0.5) is 0 Å². The van der Waals surface area contributed by atoms with Crippen LogP contribution in [0.1, 0.15) is 22.8 Å². The van der Waals surface area contributed by atoms with Crippen LogP contribution in [0.15, 0.2) is 46.9 Å². The Hall–Kier alpha value is -2.01. The number of hydrogen-bond donors (Lipinski definition) is 0. The van der Waals surface area contributed by atoms with Crippen LogP contribution in [0.5, 0.6) is 11.5 Å². The van der Waals surface area contributed by atoms with E-state index < -0.39 is 0 Å². The van der Waals surface area contributed by atoms with Gasteiger partial charge in [0.2, 0.25) is 0 Å². The number of benzene rings is 2. The highest BCUT2D eigenvalue weighted by Crippen LogP contribution is 2.36. The monoisotopic (exact) mass is 377 g/mol. The maximum absolute atomic E-state index is 12.8. The highest BCUT2D eigenvalue weighted by molar-refractivity contribution is 9.10. The van der Waals surface area contributed by atoms with E-state index in [1.807, 2.05) is 37.3 Å². The Morgan fingerprint density at radius 3 is 2.13 bits per heavy atom. The van der Waals surface area contributed by atoms with Crippen molar-refractivity contribution in [2.45, 2.75) is 13.5 Å². The Bertz CT molecular complexity index is 648. The van der Waals surface area contributed by atoms with Gasteiger partial charge in [-0.25, -0.2) is 0 Å². The van der Waals surface area contributed by atoms with E-state index in [-0.39, 0.29) is 5.91 Å². The molecule has 0 atom stereocenters. The molecule has 0 aromatic heterocycles. The maximum Gasteiger partial charge on any atom is 0.254 e. The van der Waals surface area contributed by atoms with Gasteiger partial charge in [-0.3, -0.25) is 4.79 Å². The summed E-state index contributed by atoms with van der Waals surface area (Å²) in [4.78, 5) is 14.6. The van der Waals surface area contributed by atoms with Crippen molar-refractivity contribution in [3.8, 4) is 11.5 Å². The molecule has 0 spiro atoms. The van der Waals surface area contributed by atoms with Crippen molar-refractivity contribution in [1.82, 2.24) is 4.90 Å². The summed E-state index contributed by atoms with van der Waals surface area (Å²) in [5.74, 6) is 1.09. The van der Waals surface area contributed by atoms with Crippen molar-refractivity contribution in [1.29, 1.82) is 0 Å². The third kappa shape index (κ3) is 4.05. The van der Waals surface area contributed by atoms with Gasteiger partial charge in [-0.1, -0.05) is 30.3 Å². The standard InChI is InChI=1S/C18H20BrNO3/c1-4-20(12-13-8-6-5-7-9-13)18(21)14-10-15(22-2)17(19)16(11-14)23-3/h5-11H,4,12H2,1-3H3. The van der Waals surface area contributed by atoms with Gasteiger partial charge < -0.3 is 14.4 Å². The fourth-order valence-corrected chi connectivity index (χ4v) is 2.86. The first-order valence-electron chi connectivity index (χ1n) is 7.35. The van der Waals surface area contributed by atoms with Crippen LogP contribution in [-0.2, 0) is 6.54 Å². The van der Waals surface area contributed by atoms with Crippen LogP contribution < -0.4 is 9.47 Å². The normalized spacial score (nSPS) is 10.3. The summed E-state index contributed by atoms with van der Waals surface area (Å²) < 4.78 is 11.3. The topological polar surface area (TPSA) is 38.8 Å². The lowest BCUT2D eigenvalue weighted by Crippen LogP contribution is -2.30. The molecule has 0 saturated heterocycles. The predicted molar refractivity (Wildman–Crippen MR) is 94.1 cm³/mol. The lowest BCUT2D eigenvalue weighted by Gasteiger charge is -2.22. The molecule has 2 aromatic rings. The molecule has 0 aliphatic rings. The van der Waals surface area contributed by atoms with E-state index in [9.17, 15) is 4.79 Å². The van der Waals surface area contributed by atoms with Gasteiger partial charge in [0.25, 0.3) is 5.91 Å². The molecule has 0 aliphatic heterocycles. The summed E-state index contributed by atoms with van der Waals surface area (Å²) in [5.41, 5.74) is 1.64. The van der Waals surface area contributed by atoms with Gasteiger partial charge in [0.15, 0.2) is 0 Å². The van der Waals surface area contributed by atoms with Crippen LogP contribution in [-0.4, -0.2) is 31.6 Å². The number of ether oxygens (including phenoxy) is 2. The Balaban J connectivity index is 2.30. The van der Waals surface area contributed by atoms with E-state index in [0.717, 1.165) is 5.56 Å². The Labute approximate surface area is 145 Å². The van der Waals surface area contributed by atoms with Crippen molar-refractivity contribution < 1.29 is 14.3 Å². The number of methoxy groups -OCH3 is 2. The summed E-state index contributed by atoms with van der Waals surface area (Å²) in [7, 11) is 3.13. The van der Waals surface area contributed by atoms with Gasteiger partial charge >= 0.3 is 0 Å². The third-order valence-corrected chi connectivity index (χ3v) is 4.36. The fraction of sp³-hybridized carbons (Fsp3) is 0.278. The molecular weight excluding hydrogens is 358 g/mol. The first-order valence-corrected chi connectivity index (χ1v) is 8.14. The quantitative estimate of drug-likeness (QED) is 0.759. The second kappa shape index (κ2) is 8.02. The van der Waals surface area contributed by atoms with Gasteiger partial charge in [0.1, 0.15) is 16.0 Å². The summed E-state index contributed by atoms with van der Waals surface area (Å²) in [6, 6.07) is 13.4. The van der Waals surface area contributed by atoms with Crippen molar-refractivity contribution in [3.63, 3.8) is 0 Å². The Morgan fingerprint density at radius 2 is 1.65 bits per heavy atom. The minimum Gasteiger partial charge on any atom is -0.495 e. The molecule has 23 heavy (non-hydrogen) atoms. The first kappa shape index (κ1) is 17.3. The minimum absolute atomic E-state index is 0.0551. The van der Waals surface area contributed by atoms with E-state index in [1.54, 1.807) is 31.3 Å². The zero-order chi connectivity index (χ0) is 16.8. The van der Waals surface area contributed by atoms with Gasteiger partial charge in [-0.15, -0.1) is 0 Å². The Morgan fingerprint density at radius 1 is 1.09 bits per heavy atom. The van der Waals surface area contributed by atoms with E-state index in [0.29, 0.717) is 34.6 Å². The maximum atomic E-state index is 12.8. The smallest absolute Gasteiger partial charge is 0.254 e. The average molecular weight is 378 g/mol. The molecule has 0 bridgehead atoms. The molecule has 0 radical (unpaired) electrons. The number of amides is 1. The second-order valence-electron chi connectivity index (χ2n) is 5.00. The van der Waals surface area contributed by atoms with Crippen LogP contribution in [0.3, 0.4) is 0 Å². The molecule has 0 aliphatic carbocycles. The number of carbonyl (C=O) groups excluding carboxylic acids is 1. The van der Waals surface area contributed by atoms with E-state index in [4.69, 9.17) is 9.47 Å². The summed E-state index contributed by atoms with van der Waals surface area (Å²) in [6.07, 6.45) is 0. The summed E-state index contributed by atoms with van der Waals surface area (Å²) in [5, 5.41) is 0. The zero-order valence-corrected chi connectivity index (χ0v) is 15.1. The number of hydrogen-bond acceptors (Lipinski definition) is 3. The lowest BCUT2D eigenvalue weighted by atomic mass is 10.1. The van der Waals surface area contributed by atoms with Gasteiger partial charge in [0, 0.05) is 18.7 Å². The van der Waals surface area contributed by atoms with E-state index >= 15 is 0 Å². The van der Waals surface area contributed by atoms with E-state index in [2.05, 4.69) is 15.9 Å². The van der Waals surface area contributed by atoms with Crippen LogP contribution in [0.25, 0.3) is 0 Å². The fourth-order valence-electron chi connectivity index (χ4n) is 2.31. The average Bonchev–Trinajstić information content (AvgIpc) is 2.60. The van der Waals surface area contributed by atoms with Crippen molar-refractivity contribution in [2.75, 3.05) is 20.8 Å². The van der Waals surface area contributed by atoms with Crippen LogP contribution >= 0.6 is 15.9 Å². The van der Waals surface area contributed by atoms with Gasteiger partial charge in [-0.05, 0) is 40.5 Å². The van der Waals surface area contributed by atoms with Crippen molar-refractivity contribution >= 4 is 21.8 Å². The van der Waals surface area contributed by atoms with Gasteiger partial charge in [-0.2, -0.15) is 0 Å². The van der Waals surface area contributed by atoms with Crippen molar-refractivity contribution in [3.05, 3.63) is 58.1 Å². The SMILES string of the molecule is CCN(Cc1ccccc1)C(=O)c1cc(OC)c(Br)c(OC)c1. The first-order chi connectivity index (χ1) is 11.1. The molecule has 0 fully saturated rings. The van der Waals surface area contributed by atoms with Crippen LogP contribution in [0.2, 0.25) is 0 Å². The largest absolute Gasteiger partial charge is 0.495 e. The molecule has 0 N–H and O–H groups in total. The minimum atomic E-state index is -0.0551. The number of halogens is 1. The van der Waals surface area contributed by atoms with Crippen LogP contribution in [0, 0.1) is 0 Å². The highest BCUT2D eigenvalue weighted by Gasteiger charge is 2.19. The van der Waals surface area contributed by atoms with Gasteiger partial charge in [0.05, 0.1) is 14.2 Å². The molecule has 2 aromatic carbocycles. The summed E-state index contributed by atoms with van der Waals surface area (Å²) in [6.45, 7) is 3.15. The molecule has 2 rings (SSSR count). The molecular formula is C18H20BrNO3. The van der Waals surface area contributed by atoms with Crippen molar-refractivity contribution in [2.24, 2.45) is 0 Å². The second-order valence-corrected chi connectivity index (χ2v) is 5.79. The molecule has 122 valence electrons. The zero-order valence-electron chi connectivity index (χ0n) is 13.5. The molecule has 1 amide bonds. The summed E-state index contributed by atoms with van der Waals surface area (Å²) >= 11 is 3.42. The Kier molecular flexibility index (Phi) is 6.04. The number of nitrogens with zero attached hydrogens (tertiary/aromatic N) is 1. The number of rotatable bonds is 6.